The molecular weight excluding hydrogens is 305 g/mol. The number of carbonyl (C=O) groups excluding carboxylic acids is 1. The molecule has 6 heteroatoms. The van der Waals surface area contributed by atoms with Crippen molar-refractivity contribution in [1.82, 2.24) is 5.32 Å². The highest BCUT2D eigenvalue weighted by atomic mass is 32.2. The monoisotopic (exact) mass is 327 g/mol. The lowest BCUT2D eigenvalue weighted by Gasteiger charge is -2.17. The first-order valence-electron chi connectivity index (χ1n) is 7.51. The Morgan fingerprint density at radius 2 is 2.14 bits per heavy atom. The molecule has 0 aliphatic heterocycles. The molecule has 1 aliphatic carbocycles. The van der Waals surface area contributed by atoms with Gasteiger partial charge in [-0.2, -0.15) is 0 Å². The van der Waals surface area contributed by atoms with Crippen LogP contribution in [0.15, 0.2) is 18.2 Å². The molecule has 1 amide bonds. The minimum Gasteiger partial charge on any atom is -0.496 e. The van der Waals surface area contributed by atoms with Gasteiger partial charge in [-0.15, -0.1) is 0 Å². The zero-order valence-corrected chi connectivity index (χ0v) is 13.7. The fourth-order valence-electron chi connectivity index (χ4n) is 2.65. The highest BCUT2D eigenvalue weighted by Gasteiger charge is 2.25. The third kappa shape index (κ3) is 4.29. The van der Waals surface area contributed by atoms with Gasteiger partial charge in [0.2, 0.25) is 5.91 Å². The minimum atomic E-state index is -1.42. The molecule has 1 aromatic carbocycles. The fraction of sp³-hybridized carbons (Fsp3) is 0.562. The molecule has 1 fully saturated rings. The zero-order valence-electron chi connectivity index (χ0n) is 12.9. The van der Waals surface area contributed by atoms with Crippen LogP contribution in [0.25, 0.3) is 0 Å². The van der Waals surface area contributed by atoms with E-state index >= 15 is 0 Å². The van der Waals surface area contributed by atoms with E-state index in [0.29, 0.717) is 11.3 Å². The predicted molar refractivity (Wildman–Crippen MR) is 84.7 cm³/mol. The van der Waals surface area contributed by atoms with Crippen LogP contribution in [0.4, 0.5) is 4.39 Å². The number of amides is 1. The number of hydrogen-bond donors (Lipinski definition) is 1. The van der Waals surface area contributed by atoms with E-state index in [4.69, 9.17) is 4.74 Å². The first-order chi connectivity index (χ1) is 10.5. The number of nitrogens with one attached hydrogen (secondary N) is 1. The summed E-state index contributed by atoms with van der Waals surface area (Å²) in [7, 11) is 0.0573. The quantitative estimate of drug-likeness (QED) is 0.873. The molecule has 22 heavy (non-hydrogen) atoms. The van der Waals surface area contributed by atoms with E-state index in [9.17, 15) is 13.4 Å². The second-order valence-corrected chi connectivity index (χ2v) is 7.37. The van der Waals surface area contributed by atoms with Gasteiger partial charge >= 0.3 is 0 Å². The van der Waals surface area contributed by atoms with Crippen LogP contribution < -0.4 is 10.1 Å². The molecule has 1 N–H and O–H groups in total. The van der Waals surface area contributed by atoms with Crippen LogP contribution in [0.1, 0.15) is 38.2 Å². The molecule has 1 saturated carbocycles. The molecule has 4 nitrogen and oxygen atoms in total. The van der Waals surface area contributed by atoms with Crippen LogP contribution in [-0.4, -0.2) is 28.5 Å². The van der Waals surface area contributed by atoms with E-state index in [-0.39, 0.29) is 17.7 Å². The van der Waals surface area contributed by atoms with Gasteiger partial charge in [-0.1, -0.05) is 12.8 Å². The van der Waals surface area contributed by atoms with Crippen molar-refractivity contribution in [2.75, 3.05) is 7.11 Å². The molecule has 1 aliphatic rings. The van der Waals surface area contributed by atoms with Gasteiger partial charge < -0.3 is 10.1 Å². The molecule has 0 unspecified atom stereocenters. The van der Waals surface area contributed by atoms with Crippen LogP contribution in [0.5, 0.6) is 5.75 Å². The van der Waals surface area contributed by atoms with Crippen molar-refractivity contribution in [2.24, 2.45) is 0 Å². The Morgan fingerprint density at radius 1 is 1.45 bits per heavy atom. The number of ether oxygens (including phenoxy) is 1. The van der Waals surface area contributed by atoms with Gasteiger partial charge in [0, 0.05) is 22.4 Å². The van der Waals surface area contributed by atoms with Gasteiger partial charge in [0.1, 0.15) is 16.8 Å². The number of benzene rings is 1. The number of rotatable bonds is 6. The Balaban J connectivity index is 1.98. The standard InChI is InChI=1S/C16H22FNO3S/c1-11(16(19)18-14-5-3-4-6-14)22(20)10-12-9-13(17)7-8-15(12)21-2/h7-9,11,14H,3-6,10H2,1-2H3,(H,18,19)/t11-,22-/m1/s1. The van der Waals surface area contributed by atoms with E-state index < -0.39 is 21.9 Å². The second-order valence-electron chi connectivity index (χ2n) is 5.61. The lowest BCUT2D eigenvalue weighted by Crippen LogP contribution is -2.40. The SMILES string of the molecule is COc1ccc(F)cc1C[S@@](=O)[C@H](C)C(=O)NC1CCCC1. The smallest absolute Gasteiger partial charge is 0.235 e. The Bertz CT molecular complexity index is 558. The summed E-state index contributed by atoms with van der Waals surface area (Å²) in [6.45, 7) is 1.65. The van der Waals surface area contributed by atoms with Gasteiger partial charge in [0.15, 0.2) is 0 Å². The summed E-state index contributed by atoms with van der Waals surface area (Å²) in [6.07, 6.45) is 4.23. The Morgan fingerprint density at radius 3 is 2.77 bits per heavy atom. The van der Waals surface area contributed by atoms with Gasteiger partial charge in [0.05, 0.1) is 12.9 Å². The molecule has 2 rings (SSSR count). The Kier molecular flexibility index (Phi) is 5.94. The van der Waals surface area contributed by atoms with Crippen LogP contribution in [0.3, 0.4) is 0 Å². The number of carbonyl (C=O) groups is 1. The zero-order chi connectivity index (χ0) is 16.1. The summed E-state index contributed by atoms with van der Waals surface area (Å²) >= 11 is 0. The average Bonchev–Trinajstić information content (AvgIpc) is 2.99. The summed E-state index contributed by atoms with van der Waals surface area (Å²) in [5.41, 5.74) is 0.515. The maximum Gasteiger partial charge on any atom is 0.235 e. The Hall–Kier alpha value is -1.43. The number of hydrogen-bond acceptors (Lipinski definition) is 3. The molecule has 0 saturated heterocycles. The van der Waals surface area contributed by atoms with E-state index in [1.165, 1.54) is 25.3 Å². The second kappa shape index (κ2) is 7.72. The largest absolute Gasteiger partial charge is 0.496 e. The molecule has 2 atom stereocenters. The van der Waals surface area contributed by atoms with Crippen molar-refractivity contribution >= 4 is 16.7 Å². The van der Waals surface area contributed by atoms with Crippen molar-refractivity contribution in [3.63, 3.8) is 0 Å². The highest BCUT2D eigenvalue weighted by molar-refractivity contribution is 7.85. The fourth-order valence-corrected chi connectivity index (χ4v) is 3.74. The Labute approximate surface area is 132 Å². The number of halogens is 1. The molecule has 0 heterocycles. The molecule has 0 aromatic heterocycles. The van der Waals surface area contributed by atoms with Crippen LogP contribution >= 0.6 is 0 Å². The van der Waals surface area contributed by atoms with E-state index in [2.05, 4.69) is 5.32 Å². The van der Waals surface area contributed by atoms with E-state index in [0.717, 1.165) is 25.7 Å². The van der Waals surface area contributed by atoms with Crippen molar-refractivity contribution in [1.29, 1.82) is 0 Å². The predicted octanol–water partition coefficient (Wildman–Crippen LogP) is 2.53. The van der Waals surface area contributed by atoms with Crippen LogP contribution in [0.2, 0.25) is 0 Å². The number of methoxy groups -OCH3 is 1. The van der Waals surface area contributed by atoms with Crippen molar-refractivity contribution in [3.05, 3.63) is 29.6 Å². The highest BCUT2D eigenvalue weighted by Crippen LogP contribution is 2.22. The first-order valence-corrected chi connectivity index (χ1v) is 8.89. The lowest BCUT2D eigenvalue weighted by atomic mass is 10.2. The van der Waals surface area contributed by atoms with E-state index in [1.54, 1.807) is 6.92 Å². The van der Waals surface area contributed by atoms with Crippen molar-refractivity contribution in [3.8, 4) is 5.75 Å². The van der Waals surface area contributed by atoms with Gasteiger partial charge in [0.25, 0.3) is 0 Å². The first kappa shape index (κ1) is 16.9. The van der Waals surface area contributed by atoms with Gasteiger partial charge in [-0.3, -0.25) is 9.00 Å². The third-order valence-electron chi connectivity index (χ3n) is 4.01. The summed E-state index contributed by atoms with van der Waals surface area (Å²) in [5, 5.41) is 2.32. The maximum absolute atomic E-state index is 13.3. The maximum atomic E-state index is 13.3. The average molecular weight is 327 g/mol. The normalized spacial score (nSPS) is 18.0. The molecule has 122 valence electrons. The minimum absolute atomic E-state index is 0.0974. The molecule has 0 bridgehead atoms. The topological polar surface area (TPSA) is 55.4 Å². The molecule has 1 aromatic rings. The molecule has 0 radical (unpaired) electrons. The van der Waals surface area contributed by atoms with Crippen molar-refractivity contribution < 1.29 is 18.1 Å². The van der Waals surface area contributed by atoms with Gasteiger partial charge in [-0.25, -0.2) is 4.39 Å². The third-order valence-corrected chi connectivity index (χ3v) is 5.60. The summed E-state index contributed by atoms with van der Waals surface area (Å²) in [5.74, 6) is -0.0187. The van der Waals surface area contributed by atoms with Crippen LogP contribution in [-0.2, 0) is 21.3 Å². The summed E-state index contributed by atoms with van der Waals surface area (Å²) in [6, 6.07) is 4.31. The van der Waals surface area contributed by atoms with E-state index in [1.807, 2.05) is 0 Å². The molecular formula is C16H22FNO3S. The van der Waals surface area contributed by atoms with Crippen molar-refractivity contribution in [2.45, 2.75) is 49.7 Å². The van der Waals surface area contributed by atoms with Crippen LogP contribution in [0, 0.1) is 5.82 Å². The summed E-state index contributed by atoms with van der Waals surface area (Å²) < 4.78 is 30.9. The lowest BCUT2D eigenvalue weighted by molar-refractivity contribution is -0.121. The summed E-state index contributed by atoms with van der Waals surface area (Å²) in [4.78, 5) is 12.1. The molecule has 0 spiro atoms. The van der Waals surface area contributed by atoms with Gasteiger partial charge in [-0.05, 0) is 38.0 Å².